The van der Waals surface area contributed by atoms with Gasteiger partial charge in [0.15, 0.2) is 24.2 Å². The summed E-state index contributed by atoms with van der Waals surface area (Å²) >= 11 is 0. The monoisotopic (exact) mass is 846 g/mol. The van der Waals surface area contributed by atoms with Gasteiger partial charge in [0.05, 0.1) is 12.2 Å². The van der Waals surface area contributed by atoms with Crippen LogP contribution in [0.1, 0.15) is 98.5 Å². The van der Waals surface area contributed by atoms with Crippen LogP contribution in [-0.2, 0) is 58.9 Å². The van der Waals surface area contributed by atoms with Crippen molar-refractivity contribution in [2.24, 2.45) is 5.73 Å². The number of fused-ring (bicyclic) bond motifs is 2. The summed E-state index contributed by atoms with van der Waals surface area (Å²) in [6.45, 7) is 12.7. The molecule has 7 rings (SSSR count). The summed E-state index contributed by atoms with van der Waals surface area (Å²) in [6.07, 6.45) is -3.16. The Morgan fingerprint density at radius 2 is 1.13 bits per heavy atom. The van der Waals surface area contributed by atoms with E-state index in [-0.39, 0.29) is 37.8 Å². The van der Waals surface area contributed by atoms with Crippen LogP contribution in [-0.4, -0.2) is 148 Å². The van der Waals surface area contributed by atoms with Crippen LogP contribution in [0.15, 0.2) is 30.3 Å². The molecule has 3 amide bonds. The van der Waals surface area contributed by atoms with Gasteiger partial charge in [-0.25, -0.2) is 4.79 Å². The van der Waals surface area contributed by atoms with E-state index < -0.39 is 95.8 Å². The number of amides is 3. The van der Waals surface area contributed by atoms with Gasteiger partial charge in [-0.2, -0.15) is 0 Å². The maximum atomic E-state index is 12.7. The summed E-state index contributed by atoms with van der Waals surface area (Å²) in [5, 5.41) is 23.6. The number of carbonyl (C=O) groups is 5. The second-order valence-electron chi connectivity index (χ2n) is 18.2. The van der Waals surface area contributed by atoms with E-state index in [0.29, 0.717) is 51.9 Å². The molecule has 1 aromatic carbocycles. The lowest BCUT2D eigenvalue weighted by Gasteiger charge is -2.39. The van der Waals surface area contributed by atoms with Crippen LogP contribution < -0.4 is 11.1 Å². The molecule has 18 heteroatoms. The van der Waals surface area contributed by atoms with E-state index in [4.69, 9.17) is 38.9 Å². The maximum Gasteiger partial charge on any atom is 0.407 e. The first-order chi connectivity index (χ1) is 28.1. The van der Waals surface area contributed by atoms with Crippen molar-refractivity contribution in [2.45, 2.75) is 171 Å². The predicted molar refractivity (Wildman–Crippen MR) is 210 cm³/mol. The van der Waals surface area contributed by atoms with Gasteiger partial charge in [-0.1, -0.05) is 30.3 Å². The maximum absolute atomic E-state index is 12.7. The molecule has 0 aliphatic carbocycles. The summed E-state index contributed by atoms with van der Waals surface area (Å²) in [5.41, 5.74) is 6.15. The Kier molecular flexibility index (Phi) is 14.1. The number of hydrogen-bond donors (Lipinski definition) is 4. The highest BCUT2D eigenvalue weighted by molar-refractivity contribution is 6.36. The number of ether oxygens (including phenoxy) is 7. The van der Waals surface area contributed by atoms with Gasteiger partial charge in [0.1, 0.15) is 31.0 Å². The van der Waals surface area contributed by atoms with Crippen molar-refractivity contribution in [3.05, 3.63) is 35.9 Å². The molecule has 5 N–H and O–H groups in total. The molecule has 1 aromatic rings. The van der Waals surface area contributed by atoms with Gasteiger partial charge in [0.25, 0.3) is 11.8 Å². The van der Waals surface area contributed by atoms with Crippen LogP contribution in [0, 0.1) is 0 Å². The minimum absolute atomic E-state index is 0.0276. The lowest BCUT2D eigenvalue weighted by atomic mass is 9.89. The number of rotatable bonds is 11. The van der Waals surface area contributed by atoms with Gasteiger partial charge in [0.2, 0.25) is 11.6 Å². The number of ketones is 2. The zero-order chi connectivity index (χ0) is 43.6. The molecule has 6 aliphatic rings. The number of hydrogen-bond acceptors (Lipinski definition) is 15. The number of piperidine rings is 2. The van der Waals surface area contributed by atoms with E-state index in [1.807, 2.05) is 44.2 Å². The van der Waals surface area contributed by atoms with E-state index in [0.717, 1.165) is 5.56 Å². The van der Waals surface area contributed by atoms with E-state index in [1.165, 1.54) is 4.90 Å². The smallest absolute Gasteiger partial charge is 0.407 e. The highest BCUT2D eigenvalue weighted by Crippen LogP contribution is 2.40. The van der Waals surface area contributed by atoms with Gasteiger partial charge in [0, 0.05) is 50.1 Å². The lowest BCUT2D eigenvalue weighted by Crippen LogP contribution is -2.55. The Morgan fingerprint density at radius 1 is 0.700 bits per heavy atom. The fourth-order valence-electron chi connectivity index (χ4n) is 8.26. The van der Waals surface area contributed by atoms with Crippen LogP contribution in [0.5, 0.6) is 0 Å². The van der Waals surface area contributed by atoms with Crippen molar-refractivity contribution < 1.29 is 67.3 Å². The largest absolute Gasteiger partial charge is 0.445 e. The van der Waals surface area contributed by atoms with Crippen molar-refractivity contribution >= 4 is 29.5 Å². The number of nitrogens with two attached hydrogens (primary N) is 1. The van der Waals surface area contributed by atoms with E-state index in [9.17, 15) is 34.2 Å². The van der Waals surface area contributed by atoms with Crippen LogP contribution in [0.25, 0.3) is 0 Å². The van der Waals surface area contributed by atoms with Gasteiger partial charge >= 0.3 is 6.09 Å². The fraction of sp³-hybridized carbons (Fsp3) is 0.738. The number of likely N-dealkylation sites (tertiary alicyclic amines) is 2. The Balaban J connectivity index is 0.000000213. The minimum Gasteiger partial charge on any atom is -0.445 e. The third kappa shape index (κ3) is 11.5. The van der Waals surface area contributed by atoms with Gasteiger partial charge in [-0.15, -0.1) is 0 Å². The van der Waals surface area contributed by atoms with E-state index in [2.05, 4.69) is 5.32 Å². The summed E-state index contributed by atoms with van der Waals surface area (Å²) in [4.78, 5) is 65.0. The lowest BCUT2D eigenvalue weighted by molar-refractivity contribution is -0.215. The van der Waals surface area contributed by atoms with Crippen LogP contribution >= 0.6 is 0 Å². The SMILES string of the molecule is CC1(N)CCN(C(=O)C(=O)CC[C@H]2O[C@@H]3OC(C)(C)O[C@@H]3[C@H]2O)CC1.CC1(NC(=O)OCc2ccccc2)CCN(C(=O)C(=O)CC[C@H]2O[C@@H]3OC(C)(C)O[C@@H]3[C@H]2O)CC1. The standard InChI is InChI=1S/C25H34N2O8.C17H28N2O6/c1-24(2)34-20-19(29)18(33-22(20)35-24)10-9-17(28)21(30)27-13-11-25(3,12-14-27)26-23(31)32-15-16-7-5-4-6-8-16;1-16(2)24-13-12(21)11(23-15(13)25-16)5-4-10(20)14(22)19-8-6-17(3,18)7-9-19/h4-8,18-20,22,29H,9-15H2,1-3H3,(H,26,31);11-13,15,21H,4-9,18H2,1-3H3/t18-,19+,20-,22-;11-,12+,13-,15-/m11/s1. The zero-order valence-corrected chi connectivity index (χ0v) is 35.5. The van der Waals surface area contributed by atoms with E-state index in [1.54, 1.807) is 32.6 Å². The molecule has 0 aromatic heterocycles. The number of benzene rings is 1. The summed E-state index contributed by atoms with van der Waals surface area (Å²) < 4.78 is 39.1. The van der Waals surface area contributed by atoms with Crippen LogP contribution in [0.4, 0.5) is 4.79 Å². The Labute approximate surface area is 350 Å². The molecule has 0 saturated carbocycles. The quantitative estimate of drug-likeness (QED) is 0.233. The fourth-order valence-corrected chi connectivity index (χ4v) is 8.26. The molecule has 6 heterocycles. The molecule has 0 unspecified atom stereocenters. The second kappa shape index (κ2) is 18.4. The molecule has 6 fully saturated rings. The first-order valence-corrected chi connectivity index (χ1v) is 20.9. The topological polar surface area (TPSA) is 235 Å². The van der Waals surface area contributed by atoms with Gasteiger partial charge in [-0.3, -0.25) is 19.2 Å². The average molecular weight is 847 g/mol. The number of nitrogens with zero attached hydrogens (tertiary/aromatic N) is 2. The summed E-state index contributed by atoms with van der Waals surface area (Å²) in [6, 6.07) is 9.41. The molecule has 6 aliphatic heterocycles. The average Bonchev–Trinajstić information content (AvgIpc) is 3.86. The zero-order valence-electron chi connectivity index (χ0n) is 35.5. The Morgan fingerprint density at radius 3 is 1.57 bits per heavy atom. The first kappa shape index (κ1) is 45.9. The number of aliphatic hydroxyl groups excluding tert-OH is 2. The molecule has 18 nitrogen and oxygen atoms in total. The minimum atomic E-state index is -0.923. The van der Waals surface area contributed by atoms with Crippen molar-refractivity contribution in [1.29, 1.82) is 0 Å². The first-order valence-electron chi connectivity index (χ1n) is 20.9. The highest BCUT2D eigenvalue weighted by atomic mass is 16.8. The second-order valence-corrected chi connectivity index (χ2v) is 18.2. The van der Waals surface area contributed by atoms with Gasteiger partial charge < -0.3 is 64.2 Å². The van der Waals surface area contributed by atoms with Gasteiger partial charge in [-0.05, 0) is 85.6 Å². The number of aliphatic hydroxyl groups is 2. The van der Waals surface area contributed by atoms with Crippen molar-refractivity contribution in [2.75, 3.05) is 26.2 Å². The highest BCUT2D eigenvalue weighted by Gasteiger charge is 2.55. The number of nitrogens with one attached hydrogen (secondary N) is 1. The van der Waals surface area contributed by atoms with Crippen LogP contribution in [0.3, 0.4) is 0 Å². The Hall–Kier alpha value is -3.59. The molecule has 0 radical (unpaired) electrons. The number of Topliss-reactive ketones (excluding diaryl/α,β-unsaturated/α-hetero) is 2. The van der Waals surface area contributed by atoms with Crippen molar-refractivity contribution in [1.82, 2.24) is 15.1 Å². The van der Waals surface area contributed by atoms with Crippen LogP contribution in [0.2, 0.25) is 0 Å². The normalized spacial score (nSPS) is 31.9. The summed E-state index contributed by atoms with van der Waals surface area (Å²) in [5.74, 6) is -3.64. The molecule has 60 heavy (non-hydrogen) atoms. The molecular formula is C42H62N4O14. The third-order valence-electron chi connectivity index (χ3n) is 12.0. The van der Waals surface area contributed by atoms with Crippen molar-refractivity contribution in [3.8, 4) is 0 Å². The molecule has 0 spiro atoms. The van der Waals surface area contributed by atoms with E-state index >= 15 is 0 Å². The summed E-state index contributed by atoms with van der Waals surface area (Å²) in [7, 11) is 0. The molecule has 0 bridgehead atoms. The molecule has 334 valence electrons. The predicted octanol–water partition coefficient (Wildman–Crippen LogP) is 1.79. The third-order valence-corrected chi connectivity index (χ3v) is 12.0. The molecule has 8 atom stereocenters. The Bertz CT molecular complexity index is 1710. The number of carbonyl (C=O) groups excluding carboxylic acids is 5. The molecule has 6 saturated heterocycles. The number of alkyl carbamates (subject to hydrolysis) is 1. The van der Waals surface area contributed by atoms with Crippen molar-refractivity contribution in [3.63, 3.8) is 0 Å². The molecular weight excluding hydrogens is 784 g/mol.